The van der Waals surface area contributed by atoms with E-state index in [2.05, 4.69) is 55.6 Å². The average molecular weight is 622 g/mol. The number of amides is 1. The van der Waals surface area contributed by atoms with E-state index in [1.807, 2.05) is 0 Å². The van der Waals surface area contributed by atoms with Gasteiger partial charge in [-0.3, -0.25) is 4.79 Å². The van der Waals surface area contributed by atoms with Gasteiger partial charge in [0.2, 0.25) is 5.91 Å². The summed E-state index contributed by atoms with van der Waals surface area (Å²) in [7, 11) is 0. The van der Waals surface area contributed by atoms with Gasteiger partial charge in [-0.1, -0.05) is 134 Å². The molecule has 0 radical (unpaired) electrons. The van der Waals surface area contributed by atoms with E-state index in [4.69, 9.17) is 0 Å². The molecule has 1 amide bonds. The van der Waals surface area contributed by atoms with Gasteiger partial charge in [-0.05, 0) is 70.6 Å². The van der Waals surface area contributed by atoms with Crippen LogP contribution in [0.2, 0.25) is 0 Å². The van der Waals surface area contributed by atoms with E-state index in [-0.39, 0.29) is 0 Å². The van der Waals surface area contributed by atoms with Gasteiger partial charge in [-0.15, -0.1) is 0 Å². The fraction of sp³-hybridized carbons (Fsp3) is 0.816. The highest BCUT2D eigenvalue weighted by Gasteiger charge is 2.28. The molecule has 0 saturated heterocycles. The Labute approximate surface area is 271 Å². The maximum atomic E-state index is 12.4. The van der Waals surface area contributed by atoms with Crippen molar-refractivity contribution in [1.82, 2.24) is 5.32 Å². The second kappa shape index (κ2) is 32.9. The first kappa shape index (κ1) is 42.5. The summed E-state index contributed by atoms with van der Waals surface area (Å²) in [5.41, 5.74) is 0. The normalized spacial score (nSPS) is 15.0. The summed E-state index contributed by atoms with van der Waals surface area (Å²) < 4.78 is 0. The van der Waals surface area contributed by atoms with Crippen molar-refractivity contribution in [3.63, 3.8) is 0 Å². The van der Waals surface area contributed by atoms with Gasteiger partial charge in [0.1, 0.15) is 12.2 Å². The Morgan fingerprint density at radius 1 is 0.545 bits per heavy atom. The lowest BCUT2D eigenvalue weighted by molar-refractivity contribution is -0.132. The van der Waals surface area contributed by atoms with Crippen LogP contribution in [0.15, 0.2) is 36.5 Å². The lowest BCUT2D eigenvalue weighted by Crippen LogP contribution is -2.53. The van der Waals surface area contributed by atoms with Crippen LogP contribution in [0.3, 0.4) is 0 Å². The van der Waals surface area contributed by atoms with E-state index >= 15 is 0 Å². The second-order valence-electron chi connectivity index (χ2n) is 12.5. The summed E-state index contributed by atoms with van der Waals surface area (Å²) in [4.78, 5) is 12.4. The van der Waals surface area contributed by atoms with Crippen molar-refractivity contribution in [3.8, 4) is 0 Å². The number of carbonyl (C=O) groups excluding carboxylic acids is 1. The van der Waals surface area contributed by atoms with Gasteiger partial charge >= 0.3 is 0 Å². The number of unbranched alkanes of at least 4 members (excludes halogenated alkanes) is 17. The van der Waals surface area contributed by atoms with Gasteiger partial charge < -0.3 is 25.7 Å². The molecule has 4 atom stereocenters. The molecule has 0 heterocycles. The summed E-state index contributed by atoms with van der Waals surface area (Å²) in [6.45, 7) is 3.95. The molecule has 0 aliphatic rings. The predicted octanol–water partition coefficient (Wildman–Crippen LogP) is 8.62. The van der Waals surface area contributed by atoms with Crippen molar-refractivity contribution in [3.05, 3.63) is 36.5 Å². The van der Waals surface area contributed by atoms with E-state index in [9.17, 15) is 25.2 Å². The predicted molar refractivity (Wildman–Crippen MR) is 187 cm³/mol. The molecule has 6 heteroatoms. The van der Waals surface area contributed by atoms with E-state index in [0.717, 1.165) is 57.8 Å². The van der Waals surface area contributed by atoms with E-state index in [1.165, 1.54) is 77.0 Å². The zero-order valence-electron chi connectivity index (χ0n) is 28.6. The van der Waals surface area contributed by atoms with E-state index in [1.54, 1.807) is 0 Å². The first-order valence-electron chi connectivity index (χ1n) is 18.4. The van der Waals surface area contributed by atoms with Gasteiger partial charge in [0.25, 0.3) is 0 Å². The molecule has 0 aromatic carbocycles. The van der Waals surface area contributed by atoms with E-state index < -0.39 is 36.9 Å². The molecule has 0 spiro atoms. The SMILES string of the molecule is CCCC/C=C/CC/C=C/CCCC(O)C(O)C(CO)NC(=O)C(O)CCCCCC/C=C\CCCCCCCCCCC. The van der Waals surface area contributed by atoms with Crippen LogP contribution in [-0.4, -0.2) is 57.3 Å². The van der Waals surface area contributed by atoms with Crippen LogP contribution in [0, 0.1) is 0 Å². The number of rotatable bonds is 32. The van der Waals surface area contributed by atoms with Gasteiger partial charge in [-0.2, -0.15) is 0 Å². The molecule has 258 valence electrons. The molecule has 6 nitrogen and oxygen atoms in total. The number of carbonyl (C=O) groups is 1. The quantitative estimate of drug-likeness (QED) is 0.0382. The third-order valence-corrected chi connectivity index (χ3v) is 8.30. The second-order valence-corrected chi connectivity index (χ2v) is 12.5. The van der Waals surface area contributed by atoms with Gasteiger partial charge in [0, 0.05) is 0 Å². The molecule has 0 aliphatic heterocycles. The number of nitrogens with one attached hydrogen (secondary N) is 1. The van der Waals surface area contributed by atoms with Crippen LogP contribution >= 0.6 is 0 Å². The highest BCUT2D eigenvalue weighted by molar-refractivity contribution is 5.80. The standard InChI is InChI=1S/C38H71NO5/c1-3-5-7-9-11-13-15-16-17-18-19-20-22-24-26-28-30-32-36(42)38(44)39-34(33-40)37(43)35(41)31-29-27-25-23-21-14-12-10-8-6-4-2/h10,12,19-20,23,25,34-37,40-43H,3-9,11,13-18,21-22,24,26-33H2,1-2H3,(H,39,44)/b12-10+,20-19-,25-23+. The van der Waals surface area contributed by atoms with Crippen molar-refractivity contribution < 1.29 is 25.2 Å². The molecule has 5 N–H and O–H groups in total. The van der Waals surface area contributed by atoms with Crippen molar-refractivity contribution in [1.29, 1.82) is 0 Å². The Morgan fingerprint density at radius 3 is 1.50 bits per heavy atom. The lowest BCUT2D eigenvalue weighted by Gasteiger charge is -2.27. The topological polar surface area (TPSA) is 110 Å². The molecule has 0 saturated carbocycles. The smallest absolute Gasteiger partial charge is 0.249 e. The average Bonchev–Trinajstić information content (AvgIpc) is 3.03. The Hall–Kier alpha value is -1.47. The minimum Gasteiger partial charge on any atom is -0.394 e. The fourth-order valence-electron chi connectivity index (χ4n) is 5.28. The zero-order valence-corrected chi connectivity index (χ0v) is 28.6. The molecule has 0 aliphatic carbocycles. The Morgan fingerprint density at radius 2 is 0.977 bits per heavy atom. The molecule has 44 heavy (non-hydrogen) atoms. The fourth-order valence-corrected chi connectivity index (χ4v) is 5.28. The maximum Gasteiger partial charge on any atom is 0.249 e. The van der Waals surface area contributed by atoms with Crippen LogP contribution in [-0.2, 0) is 4.79 Å². The van der Waals surface area contributed by atoms with Crippen LogP contribution < -0.4 is 5.32 Å². The summed E-state index contributed by atoms with van der Waals surface area (Å²) in [5, 5.41) is 43.3. The van der Waals surface area contributed by atoms with Crippen LogP contribution in [0.4, 0.5) is 0 Å². The number of hydrogen-bond acceptors (Lipinski definition) is 5. The Bertz CT molecular complexity index is 707. The summed E-state index contributed by atoms with van der Waals surface area (Å²) in [6.07, 6.45) is 36.0. The maximum absolute atomic E-state index is 12.4. The first-order chi connectivity index (χ1) is 21.5. The minimum absolute atomic E-state index is 0.345. The molecule has 0 bridgehead atoms. The van der Waals surface area contributed by atoms with Crippen LogP contribution in [0.1, 0.15) is 168 Å². The molecule has 0 fully saturated rings. The highest BCUT2D eigenvalue weighted by atomic mass is 16.3. The Balaban J connectivity index is 3.88. The lowest BCUT2D eigenvalue weighted by atomic mass is 10.00. The zero-order chi connectivity index (χ0) is 32.5. The van der Waals surface area contributed by atoms with Gasteiger partial charge in [-0.25, -0.2) is 0 Å². The minimum atomic E-state index is -1.29. The number of aliphatic hydroxyl groups excluding tert-OH is 4. The largest absolute Gasteiger partial charge is 0.394 e. The molecule has 0 aromatic rings. The van der Waals surface area contributed by atoms with Crippen LogP contribution in [0.25, 0.3) is 0 Å². The molecule has 0 aromatic heterocycles. The van der Waals surface area contributed by atoms with Crippen molar-refractivity contribution >= 4 is 5.91 Å². The third-order valence-electron chi connectivity index (χ3n) is 8.30. The number of allylic oxidation sites excluding steroid dienone is 6. The van der Waals surface area contributed by atoms with Crippen LogP contribution in [0.5, 0.6) is 0 Å². The molecular formula is C38H71NO5. The summed E-state index contributed by atoms with van der Waals surface area (Å²) >= 11 is 0. The Kier molecular flexibility index (Phi) is 31.8. The number of aliphatic hydroxyl groups is 4. The van der Waals surface area contributed by atoms with Gasteiger partial charge in [0.05, 0.1) is 18.8 Å². The number of hydrogen-bond donors (Lipinski definition) is 5. The monoisotopic (exact) mass is 622 g/mol. The van der Waals surface area contributed by atoms with E-state index in [0.29, 0.717) is 19.3 Å². The van der Waals surface area contributed by atoms with Crippen molar-refractivity contribution in [2.24, 2.45) is 0 Å². The highest BCUT2D eigenvalue weighted by Crippen LogP contribution is 2.13. The van der Waals surface area contributed by atoms with Crippen molar-refractivity contribution in [2.75, 3.05) is 6.61 Å². The molecule has 0 rings (SSSR count). The summed E-state index contributed by atoms with van der Waals surface area (Å²) in [6, 6.07) is -1.01. The third kappa shape index (κ3) is 26.9. The van der Waals surface area contributed by atoms with Crippen molar-refractivity contribution in [2.45, 2.75) is 192 Å². The summed E-state index contributed by atoms with van der Waals surface area (Å²) in [5.74, 6) is -0.610. The molecular weight excluding hydrogens is 550 g/mol. The van der Waals surface area contributed by atoms with Gasteiger partial charge in [0.15, 0.2) is 0 Å². The molecule has 4 unspecified atom stereocenters. The first-order valence-corrected chi connectivity index (χ1v) is 18.4.